The first-order valence-electron chi connectivity index (χ1n) is 11.7. The van der Waals surface area contributed by atoms with Crippen LogP contribution >= 0.6 is 11.8 Å². The van der Waals surface area contributed by atoms with Crippen LogP contribution in [0.5, 0.6) is 0 Å². The number of nitrogens with zero attached hydrogens (tertiary/aromatic N) is 3. The molecule has 1 fully saturated rings. The molecule has 12 heteroatoms. The SMILES string of the molecule is CSc1ccc(C(F)(F)F)c(-n2nc(C)nc2C(OC2COC(c3ccccc3)OC2C)[C@@H](O)CN)c1. The van der Waals surface area contributed by atoms with Crippen LogP contribution in [-0.2, 0) is 20.4 Å². The summed E-state index contributed by atoms with van der Waals surface area (Å²) >= 11 is 1.29. The molecule has 200 valence electrons. The van der Waals surface area contributed by atoms with Gasteiger partial charge in [-0.05, 0) is 38.3 Å². The smallest absolute Gasteiger partial charge is 0.389 e. The van der Waals surface area contributed by atoms with Crippen LogP contribution in [0, 0.1) is 6.92 Å². The fraction of sp³-hybridized carbons (Fsp3) is 0.440. The first-order valence-corrected chi connectivity index (χ1v) is 12.9. The number of aryl methyl sites for hydroxylation is 1. The third-order valence-electron chi connectivity index (χ3n) is 5.99. The van der Waals surface area contributed by atoms with Gasteiger partial charge in [-0.2, -0.15) is 18.3 Å². The van der Waals surface area contributed by atoms with Gasteiger partial charge in [0, 0.05) is 17.0 Å². The number of thioether (sulfide) groups is 1. The second-order valence-electron chi connectivity index (χ2n) is 8.63. The molecule has 0 bridgehead atoms. The van der Waals surface area contributed by atoms with Crippen molar-refractivity contribution in [1.29, 1.82) is 0 Å². The lowest BCUT2D eigenvalue weighted by molar-refractivity contribution is -0.274. The summed E-state index contributed by atoms with van der Waals surface area (Å²) in [6, 6.07) is 13.2. The average Bonchev–Trinajstić information content (AvgIpc) is 3.28. The predicted octanol–water partition coefficient (Wildman–Crippen LogP) is 4.20. The first kappa shape index (κ1) is 27.6. The third kappa shape index (κ3) is 6.16. The topological polar surface area (TPSA) is 105 Å². The summed E-state index contributed by atoms with van der Waals surface area (Å²) in [5.74, 6) is 0.209. The highest BCUT2D eigenvalue weighted by molar-refractivity contribution is 7.98. The van der Waals surface area contributed by atoms with Crippen LogP contribution in [-0.4, -0.2) is 57.6 Å². The molecule has 3 aromatic rings. The van der Waals surface area contributed by atoms with Gasteiger partial charge in [0.2, 0.25) is 0 Å². The van der Waals surface area contributed by atoms with Gasteiger partial charge < -0.3 is 25.1 Å². The molecular weight excluding hydrogens is 509 g/mol. The zero-order valence-corrected chi connectivity index (χ0v) is 21.4. The summed E-state index contributed by atoms with van der Waals surface area (Å²) in [6.07, 6.45) is -7.07. The van der Waals surface area contributed by atoms with Crippen LogP contribution in [0.15, 0.2) is 53.4 Å². The Balaban J connectivity index is 1.67. The second kappa shape index (κ2) is 11.5. The third-order valence-corrected chi connectivity index (χ3v) is 6.71. The Labute approximate surface area is 216 Å². The lowest BCUT2D eigenvalue weighted by Gasteiger charge is -2.37. The van der Waals surface area contributed by atoms with Gasteiger partial charge in [0.25, 0.3) is 0 Å². The Bertz CT molecular complexity index is 1190. The van der Waals surface area contributed by atoms with E-state index in [4.69, 9.17) is 19.9 Å². The number of hydrogen-bond donors (Lipinski definition) is 2. The van der Waals surface area contributed by atoms with Crippen molar-refractivity contribution in [2.45, 2.75) is 55.6 Å². The Morgan fingerprint density at radius 3 is 2.59 bits per heavy atom. The highest BCUT2D eigenvalue weighted by atomic mass is 32.2. The molecule has 1 aliphatic heterocycles. The fourth-order valence-electron chi connectivity index (χ4n) is 4.06. The summed E-state index contributed by atoms with van der Waals surface area (Å²) < 4.78 is 60.9. The summed E-state index contributed by atoms with van der Waals surface area (Å²) in [5, 5.41) is 15.0. The maximum atomic E-state index is 13.9. The molecule has 0 aliphatic carbocycles. The number of rotatable bonds is 8. The van der Waals surface area contributed by atoms with Gasteiger partial charge in [0.15, 0.2) is 12.1 Å². The van der Waals surface area contributed by atoms with Crippen molar-refractivity contribution in [3.8, 4) is 5.69 Å². The van der Waals surface area contributed by atoms with E-state index in [-0.39, 0.29) is 30.5 Å². The predicted molar refractivity (Wildman–Crippen MR) is 131 cm³/mol. The van der Waals surface area contributed by atoms with Gasteiger partial charge in [0.05, 0.1) is 30.1 Å². The Morgan fingerprint density at radius 1 is 1.24 bits per heavy atom. The van der Waals surface area contributed by atoms with E-state index >= 15 is 0 Å². The number of aromatic nitrogens is 3. The van der Waals surface area contributed by atoms with Crippen molar-refractivity contribution >= 4 is 11.8 Å². The number of hydrogen-bond acceptors (Lipinski definition) is 8. The van der Waals surface area contributed by atoms with Crippen LogP contribution in [0.2, 0.25) is 0 Å². The van der Waals surface area contributed by atoms with Crippen molar-refractivity contribution in [3.05, 3.63) is 71.3 Å². The number of halogens is 3. The number of benzene rings is 2. The molecule has 0 amide bonds. The van der Waals surface area contributed by atoms with E-state index in [0.717, 1.165) is 16.3 Å². The summed E-state index contributed by atoms with van der Waals surface area (Å²) in [4.78, 5) is 4.95. The number of nitrogens with two attached hydrogens (primary N) is 1. The molecule has 1 saturated heterocycles. The number of aliphatic hydroxyl groups is 1. The minimum Gasteiger partial charge on any atom is -0.389 e. The zero-order valence-electron chi connectivity index (χ0n) is 20.6. The molecule has 0 radical (unpaired) electrons. The lowest BCUT2D eigenvalue weighted by Crippen LogP contribution is -2.44. The van der Waals surface area contributed by atoms with Crippen molar-refractivity contribution in [2.24, 2.45) is 5.73 Å². The van der Waals surface area contributed by atoms with E-state index in [1.165, 1.54) is 23.9 Å². The summed E-state index contributed by atoms with van der Waals surface area (Å²) in [6.45, 7) is 3.26. The Hall–Kier alpha value is -2.48. The number of aliphatic hydroxyl groups excluding tert-OH is 1. The van der Waals surface area contributed by atoms with Gasteiger partial charge in [-0.1, -0.05) is 30.3 Å². The maximum absolute atomic E-state index is 13.9. The average molecular weight is 539 g/mol. The van der Waals surface area contributed by atoms with E-state index in [1.807, 2.05) is 30.3 Å². The van der Waals surface area contributed by atoms with Crippen LogP contribution in [0.1, 0.15) is 42.1 Å². The fourth-order valence-corrected chi connectivity index (χ4v) is 4.49. The summed E-state index contributed by atoms with van der Waals surface area (Å²) in [7, 11) is 0. The lowest BCUT2D eigenvalue weighted by atomic mass is 10.1. The van der Waals surface area contributed by atoms with E-state index < -0.39 is 42.4 Å². The molecule has 2 aromatic carbocycles. The van der Waals surface area contributed by atoms with Crippen molar-refractivity contribution in [2.75, 3.05) is 19.4 Å². The Kier molecular flexibility index (Phi) is 8.56. The van der Waals surface area contributed by atoms with Gasteiger partial charge in [-0.25, -0.2) is 9.67 Å². The zero-order chi connectivity index (χ0) is 26.7. The molecular formula is C25H29F3N4O4S. The monoisotopic (exact) mass is 538 g/mol. The van der Waals surface area contributed by atoms with Gasteiger partial charge in [-0.15, -0.1) is 11.8 Å². The molecule has 0 spiro atoms. The minimum atomic E-state index is -4.64. The van der Waals surface area contributed by atoms with Crippen LogP contribution in [0.4, 0.5) is 13.2 Å². The second-order valence-corrected chi connectivity index (χ2v) is 9.50. The first-order chi connectivity index (χ1) is 17.6. The summed E-state index contributed by atoms with van der Waals surface area (Å²) in [5.41, 5.74) is 5.49. The van der Waals surface area contributed by atoms with Gasteiger partial charge >= 0.3 is 6.18 Å². The molecule has 3 N–H and O–H groups in total. The molecule has 8 nitrogen and oxygen atoms in total. The molecule has 5 atom stereocenters. The van der Waals surface area contributed by atoms with Crippen molar-refractivity contribution in [3.63, 3.8) is 0 Å². The number of alkyl halides is 3. The molecule has 4 unspecified atom stereocenters. The Morgan fingerprint density at radius 2 is 1.97 bits per heavy atom. The highest BCUT2D eigenvalue weighted by Crippen LogP contribution is 2.38. The van der Waals surface area contributed by atoms with E-state index in [1.54, 1.807) is 20.1 Å². The minimum absolute atomic E-state index is 0.00316. The van der Waals surface area contributed by atoms with Gasteiger partial charge in [0.1, 0.15) is 18.0 Å². The van der Waals surface area contributed by atoms with Crippen LogP contribution < -0.4 is 5.73 Å². The van der Waals surface area contributed by atoms with Crippen molar-refractivity contribution in [1.82, 2.24) is 14.8 Å². The highest BCUT2D eigenvalue weighted by Gasteiger charge is 2.39. The van der Waals surface area contributed by atoms with Crippen LogP contribution in [0.25, 0.3) is 5.69 Å². The van der Waals surface area contributed by atoms with Crippen molar-refractivity contribution < 1.29 is 32.5 Å². The maximum Gasteiger partial charge on any atom is 0.418 e. The largest absolute Gasteiger partial charge is 0.418 e. The molecule has 1 aliphatic rings. The van der Waals surface area contributed by atoms with Crippen LogP contribution in [0.3, 0.4) is 0 Å². The molecule has 1 aromatic heterocycles. The van der Waals surface area contributed by atoms with E-state index in [0.29, 0.717) is 4.90 Å². The molecule has 4 rings (SSSR count). The number of ether oxygens (including phenoxy) is 3. The normalized spacial score (nSPS) is 22.1. The quantitative estimate of drug-likeness (QED) is 0.412. The van der Waals surface area contributed by atoms with E-state index in [2.05, 4.69) is 10.1 Å². The van der Waals surface area contributed by atoms with E-state index in [9.17, 15) is 18.3 Å². The van der Waals surface area contributed by atoms with Gasteiger partial charge in [-0.3, -0.25) is 0 Å². The standard InChI is InChI=1S/C25H29F3N4O4S/c1-14-21(13-34-24(35-14)16-7-5-4-6-8-16)36-22(20(33)12-29)23-30-15(2)31-32(23)19-11-17(37-3)9-10-18(19)25(26,27)28/h4-11,14,20-22,24,33H,12-13,29H2,1-3H3/t14?,20-,21?,22?,24?/m0/s1. The molecule has 37 heavy (non-hydrogen) atoms. The molecule has 0 saturated carbocycles. The molecule has 2 heterocycles.